The molecule has 0 aliphatic carbocycles. The van der Waals surface area contributed by atoms with Crippen LogP contribution in [0.3, 0.4) is 0 Å². The lowest BCUT2D eigenvalue weighted by atomic mass is 10.4. The van der Waals surface area contributed by atoms with Gasteiger partial charge in [-0.15, -0.1) is 11.3 Å². The Balaban J connectivity index is 2.52. The Morgan fingerprint density at radius 2 is 2.10 bits per heavy atom. The van der Waals surface area contributed by atoms with Gasteiger partial charge in [-0.25, -0.2) is 9.78 Å². The van der Waals surface area contributed by atoms with Crippen molar-refractivity contribution in [1.82, 2.24) is 15.6 Å². The average Bonchev–Trinajstić information content (AvgIpc) is 2.85. The molecule has 2 amide bonds. The second kappa shape index (κ2) is 7.59. The maximum atomic E-state index is 11.7. The van der Waals surface area contributed by atoms with E-state index in [1.54, 1.807) is 6.92 Å². The van der Waals surface area contributed by atoms with Crippen molar-refractivity contribution in [3.05, 3.63) is 16.1 Å². The number of carbonyl (C=O) groups excluding carboxylic acids is 3. The Labute approximate surface area is 120 Å². The van der Waals surface area contributed by atoms with Crippen molar-refractivity contribution in [3.63, 3.8) is 0 Å². The van der Waals surface area contributed by atoms with Gasteiger partial charge in [0.05, 0.1) is 13.2 Å². The van der Waals surface area contributed by atoms with Gasteiger partial charge in [-0.05, 0) is 20.8 Å². The van der Waals surface area contributed by atoms with Crippen molar-refractivity contribution in [2.45, 2.75) is 26.8 Å². The number of carbonyl (C=O) groups is 3. The third-order valence-corrected chi connectivity index (χ3v) is 2.87. The molecular formula is C12H17N3O4S. The SMILES string of the molecule is CCOC(=O)c1nc(C(=O)NCC(=O)NC(C)C)cs1. The first-order valence-electron chi connectivity index (χ1n) is 6.14. The molecule has 7 nitrogen and oxygen atoms in total. The molecule has 0 atom stereocenters. The van der Waals surface area contributed by atoms with E-state index in [1.165, 1.54) is 5.38 Å². The molecule has 1 rings (SSSR count). The van der Waals surface area contributed by atoms with Crippen molar-refractivity contribution < 1.29 is 19.1 Å². The summed E-state index contributed by atoms with van der Waals surface area (Å²) in [6.07, 6.45) is 0. The van der Waals surface area contributed by atoms with E-state index in [2.05, 4.69) is 15.6 Å². The molecule has 0 spiro atoms. The van der Waals surface area contributed by atoms with Gasteiger partial charge >= 0.3 is 5.97 Å². The molecule has 110 valence electrons. The van der Waals surface area contributed by atoms with Crippen LogP contribution in [0.5, 0.6) is 0 Å². The number of nitrogens with one attached hydrogen (secondary N) is 2. The predicted octanol–water partition coefficient (Wildman–Crippen LogP) is 0.574. The van der Waals surface area contributed by atoms with Gasteiger partial charge in [0.15, 0.2) is 0 Å². The second-order valence-electron chi connectivity index (χ2n) is 4.16. The Hall–Kier alpha value is -1.96. The van der Waals surface area contributed by atoms with Crippen LogP contribution in [0.4, 0.5) is 0 Å². The minimum absolute atomic E-state index is 0.00842. The fourth-order valence-corrected chi connectivity index (χ4v) is 1.98. The summed E-state index contributed by atoms with van der Waals surface area (Å²) in [6.45, 7) is 5.45. The molecule has 0 radical (unpaired) electrons. The number of amides is 2. The Kier molecular flexibility index (Phi) is 6.10. The van der Waals surface area contributed by atoms with Crippen molar-refractivity contribution in [1.29, 1.82) is 0 Å². The van der Waals surface area contributed by atoms with Gasteiger partial charge in [0.1, 0.15) is 5.69 Å². The molecule has 2 N–H and O–H groups in total. The molecule has 20 heavy (non-hydrogen) atoms. The van der Waals surface area contributed by atoms with Crippen LogP contribution in [0, 0.1) is 0 Å². The highest BCUT2D eigenvalue weighted by Gasteiger charge is 2.16. The number of hydrogen-bond donors (Lipinski definition) is 2. The Morgan fingerprint density at radius 3 is 2.70 bits per heavy atom. The van der Waals surface area contributed by atoms with Crippen molar-refractivity contribution in [3.8, 4) is 0 Å². The lowest BCUT2D eigenvalue weighted by Gasteiger charge is -2.08. The Bertz CT molecular complexity index is 499. The molecular weight excluding hydrogens is 282 g/mol. The molecule has 1 aromatic rings. The van der Waals surface area contributed by atoms with E-state index in [4.69, 9.17) is 4.74 Å². The van der Waals surface area contributed by atoms with Crippen molar-refractivity contribution in [2.75, 3.05) is 13.2 Å². The van der Waals surface area contributed by atoms with Crippen LogP contribution >= 0.6 is 11.3 Å². The molecule has 0 aliphatic heterocycles. The van der Waals surface area contributed by atoms with E-state index in [-0.39, 0.29) is 35.8 Å². The zero-order valence-electron chi connectivity index (χ0n) is 11.6. The number of aromatic nitrogens is 1. The predicted molar refractivity (Wildman–Crippen MR) is 73.7 cm³/mol. The van der Waals surface area contributed by atoms with Crippen LogP contribution in [-0.4, -0.2) is 42.0 Å². The summed E-state index contributed by atoms with van der Waals surface area (Å²) in [7, 11) is 0. The maximum Gasteiger partial charge on any atom is 0.367 e. The molecule has 1 heterocycles. The highest BCUT2D eigenvalue weighted by atomic mass is 32.1. The van der Waals surface area contributed by atoms with E-state index in [0.717, 1.165) is 11.3 Å². The third kappa shape index (κ3) is 4.96. The lowest BCUT2D eigenvalue weighted by Crippen LogP contribution is -2.39. The summed E-state index contributed by atoms with van der Waals surface area (Å²) in [5.74, 6) is -1.35. The highest BCUT2D eigenvalue weighted by molar-refractivity contribution is 7.11. The quantitative estimate of drug-likeness (QED) is 0.749. The van der Waals surface area contributed by atoms with Gasteiger partial charge in [0, 0.05) is 11.4 Å². The van der Waals surface area contributed by atoms with Crippen LogP contribution in [0.1, 0.15) is 41.1 Å². The minimum Gasteiger partial charge on any atom is -0.461 e. The van der Waals surface area contributed by atoms with E-state index in [0.29, 0.717) is 0 Å². The van der Waals surface area contributed by atoms with Gasteiger partial charge < -0.3 is 15.4 Å². The van der Waals surface area contributed by atoms with E-state index in [9.17, 15) is 14.4 Å². The van der Waals surface area contributed by atoms with Crippen molar-refractivity contribution >= 4 is 29.1 Å². The highest BCUT2D eigenvalue weighted by Crippen LogP contribution is 2.10. The zero-order valence-corrected chi connectivity index (χ0v) is 12.4. The van der Waals surface area contributed by atoms with Crippen LogP contribution < -0.4 is 10.6 Å². The summed E-state index contributed by atoms with van der Waals surface area (Å²) in [5, 5.41) is 6.63. The molecule has 0 aliphatic rings. The van der Waals surface area contributed by atoms with Gasteiger partial charge in [0.2, 0.25) is 10.9 Å². The fraction of sp³-hybridized carbons (Fsp3) is 0.500. The minimum atomic E-state index is -0.561. The largest absolute Gasteiger partial charge is 0.461 e. The van der Waals surface area contributed by atoms with E-state index in [1.807, 2.05) is 13.8 Å². The maximum absolute atomic E-state index is 11.7. The molecule has 0 aromatic carbocycles. The summed E-state index contributed by atoms with van der Waals surface area (Å²) in [4.78, 5) is 38.4. The zero-order chi connectivity index (χ0) is 15.1. The molecule has 8 heteroatoms. The van der Waals surface area contributed by atoms with Crippen LogP contribution in [0.15, 0.2) is 5.38 Å². The first-order valence-corrected chi connectivity index (χ1v) is 7.02. The third-order valence-electron chi connectivity index (χ3n) is 2.05. The monoisotopic (exact) mass is 299 g/mol. The van der Waals surface area contributed by atoms with Gasteiger partial charge in [-0.2, -0.15) is 0 Å². The second-order valence-corrected chi connectivity index (χ2v) is 5.02. The molecule has 0 saturated heterocycles. The van der Waals surface area contributed by atoms with Crippen LogP contribution in [-0.2, 0) is 9.53 Å². The van der Waals surface area contributed by atoms with Gasteiger partial charge in [-0.1, -0.05) is 0 Å². The first kappa shape index (κ1) is 16.1. The topological polar surface area (TPSA) is 97.4 Å². The van der Waals surface area contributed by atoms with Crippen molar-refractivity contribution in [2.24, 2.45) is 0 Å². The van der Waals surface area contributed by atoms with Gasteiger partial charge in [0.25, 0.3) is 5.91 Å². The molecule has 0 unspecified atom stereocenters. The molecule has 1 aromatic heterocycles. The number of esters is 1. The number of ether oxygens (including phenoxy) is 1. The summed E-state index contributed by atoms with van der Waals surface area (Å²) in [6, 6.07) is 0.00842. The van der Waals surface area contributed by atoms with Crippen LogP contribution in [0.25, 0.3) is 0 Å². The number of thiazole rings is 1. The van der Waals surface area contributed by atoms with E-state index < -0.39 is 11.9 Å². The fourth-order valence-electron chi connectivity index (χ4n) is 1.29. The normalized spacial score (nSPS) is 10.2. The first-order chi connectivity index (χ1) is 9.43. The van der Waals surface area contributed by atoms with E-state index >= 15 is 0 Å². The summed E-state index contributed by atoms with van der Waals surface area (Å²) >= 11 is 1.02. The molecule has 0 saturated carbocycles. The molecule has 0 fully saturated rings. The standard InChI is InChI=1S/C12H17N3O4S/c1-4-19-12(18)11-15-8(6-20-11)10(17)13-5-9(16)14-7(2)3/h6-7H,4-5H2,1-3H3,(H,13,17)(H,14,16). The number of hydrogen-bond acceptors (Lipinski definition) is 6. The average molecular weight is 299 g/mol. The summed E-state index contributed by atoms with van der Waals surface area (Å²) in [5.41, 5.74) is 0.0930. The number of nitrogens with zero attached hydrogens (tertiary/aromatic N) is 1. The number of rotatable bonds is 6. The summed E-state index contributed by atoms with van der Waals surface area (Å²) < 4.78 is 4.78. The van der Waals surface area contributed by atoms with Crippen LogP contribution in [0.2, 0.25) is 0 Å². The lowest BCUT2D eigenvalue weighted by molar-refractivity contribution is -0.120. The Morgan fingerprint density at radius 1 is 1.40 bits per heavy atom. The van der Waals surface area contributed by atoms with Gasteiger partial charge in [-0.3, -0.25) is 9.59 Å². The smallest absolute Gasteiger partial charge is 0.367 e. The molecule has 0 bridgehead atoms.